The van der Waals surface area contributed by atoms with Crippen molar-refractivity contribution in [2.45, 2.75) is 19.3 Å². The highest BCUT2D eigenvalue weighted by Gasteiger charge is 2.41. The van der Waals surface area contributed by atoms with Crippen molar-refractivity contribution in [2.24, 2.45) is 0 Å². The molecule has 0 radical (unpaired) electrons. The predicted molar refractivity (Wildman–Crippen MR) is 153 cm³/mol. The molecule has 37 heavy (non-hydrogen) atoms. The third kappa shape index (κ3) is 3.41. The summed E-state index contributed by atoms with van der Waals surface area (Å²) in [6.07, 6.45) is 0. The fourth-order valence-corrected chi connectivity index (χ4v) is 5.89. The van der Waals surface area contributed by atoms with Gasteiger partial charge < -0.3 is 0 Å². The van der Waals surface area contributed by atoms with Crippen molar-refractivity contribution in [1.82, 2.24) is 9.97 Å². The van der Waals surface area contributed by atoms with E-state index in [1.54, 1.807) is 0 Å². The van der Waals surface area contributed by atoms with E-state index in [-0.39, 0.29) is 5.41 Å². The maximum atomic E-state index is 5.23. The lowest BCUT2D eigenvalue weighted by Gasteiger charge is -2.25. The zero-order valence-electron chi connectivity index (χ0n) is 20.9. The van der Waals surface area contributed by atoms with E-state index in [0.29, 0.717) is 0 Å². The van der Waals surface area contributed by atoms with Crippen LogP contribution in [0.1, 0.15) is 25.0 Å². The summed E-state index contributed by atoms with van der Waals surface area (Å²) in [6.45, 7) is 4.63. The van der Waals surface area contributed by atoms with Gasteiger partial charge in [0.1, 0.15) is 0 Å². The van der Waals surface area contributed by atoms with E-state index in [2.05, 4.69) is 117 Å². The molecule has 0 bridgehead atoms. The van der Waals surface area contributed by atoms with E-state index in [0.717, 1.165) is 28.3 Å². The first kappa shape index (κ1) is 21.7. The summed E-state index contributed by atoms with van der Waals surface area (Å²) in [4.78, 5) is 10.4. The van der Waals surface area contributed by atoms with Crippen LogP contribution in [0.15, 0.2) is 121 Å². The molecule has 1 aliphatic rings. The molecule has 0 fully saturated rings. The number of nitrogens with zero attached hydrogens (tertiary/aromatic N) is 2. The molecule has 1 aliphatic carbocycles. The average molecular weight is 475 g/mol. The Labute approximate surface area is 217 Å². The van der Waals surface area contributed by atoms with Gasteiger partial charge in [0.15, 0.2) is 5.82 Å². The smallest absolute Gasteiger partial charge is 0.160 e. The van der Waals surface area contributed by atoms with Crippen molar-refractivity contribution in [3.63, 3.8) is 0 Å². The normalized spacial score (nSPS) is 13.4. The largest absolute Gasteiger partial charge is 0.228 e. The topological polar surface area (TPSA) is 25.8 Å². The van der Waals surface area contributed by atoms with E-state index in [9.17, 15) is 0 Å². The lowest BCUT2D eigenvalue weighted by molar-refractivity contribution is 0.663. The van der Waals surface area contributed by atoms with Crippen LogP contribution in [0, 0.1) is 0 Å². The van der Waals surface area contributed by atoms with Gasteiger partial charge in [0.2, 0.25) is 0 Å². The van der Waals surface area contributed by atoms with Crippen LogP contribution in [0.4, 0.5) is 0 Å². The highest BCUT2D eigenvalue weighted by atomic mass is 14.9. The summed E-state index contributed by atoms with van der Waals surface area (Å²) in [7, 11) is 0. The highest BCUT2D eigenvalue weighted by molar-refractivity contribution is 5.98. The third-order valence-electron chi connectivity index (χ3n) is 7.64. The lowest BCUT2D eigenvalue weighted by atomic mass is 9.78. The lowest BCUT2D eigenvalue weighted by Crippen LogP contribution is -2.18. The summed E-state index contributed by atoms with van der Waals surface area (Å²) in [5.41, 5.74) is 10.1. The highest BCUT2D eigenvalue weighted by Crippen LogP contribution is 2.53. The van der Waals surface area contributed by atoms with Gasteiger partial charge in [-0.05, 0) is 27.5 Å². The molecule has 2 heteroatoms. The maximum Gasteiger partial charge on any atom is 0.160 e. The second-order valence-electron chi connectivity index (χ2n) is 10.3. The zero-order chi connectivity index (χ0) is 25.0. The van der Waals surface area contributed by atoms with E-state index >= 15 is 0 Å². The van der Waals surface area contributed by atoms with Gasteiger partial charge in [-0.1, -0.05) is 135 Å². The first-order valence-electron chi connectivity index (χ1n) is 12.8. The minimum absolute atomic E-state index is 0.242. The van der Waals surface area contributed by atoms with Gasteiger partial charge in [0, 0.05) is 27.7 Å². The quantitative estimate of drug-likeness (QED) is 0.256. The van der Waals surface area contributed by atoms with Crippen molar-refractivity contribution < 1.29 is 0 Å². The van der Waals surface area contributed by atoms with Crippen LogP contribution >= 0.6 is 0 Å². The molecular formula is C35H26N2. The van der Waals surface area contributed by atoms with Crippen molar-refractivity contribution in [2.75, 3.05) is 0 Å². The molecule has 0 atom stereocenters. The second kappa shape index (κ2) is 8.25. The monoisotopic (exact) mass is 474 g/mol. The minimum Gasteiger partial charge on any atom is -0.228 e. The molecule has 1 heterocycles. The van der Waals surface area contributed by atoms with Gasteiger partial charge in [0.25, 0.3) is 0 Å². The van der Waals surface area contributed by atoms with Crippen molar-refractivity contribution in [3.05, 3.63) is 132 Å². The molecule has 0 amide bonds. The summed E-state index contributed by atoms with van der Waals surface area (Å²) in [5.74, 6) is 0.762. The Morgan fingerprint density at radius 2 is 1.03 bits per heavy atom. The number of hydrogen-bond donors (Lipinski definition) is 0. The fraction of sp³-hybridized carbons (Fsp3) is 0.0857. The second-order valence-corrected chi connectivity index (χ2v) is 10.3. The van der Waals surface area contributed by atoms with Gasteiger partial charge in [-0.15, -0.1) is 0 Å². The number of rotatable bonds is 3. The number of aromatic nitrogens is 2. The van der Waals surface area contributed by atoms with Crippen molar-refractivity contribution in [3.8, 4) is 45.0 Å². The molecule has 0 saturated carbocycles. The molecule has 5 aromatic carbocycles. The van der Waals surface area contributed by atoms with Crippen LogP contribution in [0.25, 0.3) is 55.8 Å². The van der Waals surface area contributed by atoms with Crippen LogP contribution in [-0.2, 0) is 5.41 Å². The number of benzene rings is 5. The Kier molecular flexibility index (Phi) is 4.84. The minimum atomic E-state index is -0.242. The summed E-state index contributed by atoms with van der Waals surface area (Å²) < 4.78 is 0. The Balaban J connectivity index is 1.49. The Morgan fingerprint density at radius 3 is 1.76 bits per heavy atom. The van der Waals surface area contributed by atoms with E-state index in [1.807, 2.05) is 18.2 Å². The molecule has 0 saturated heterocycles. The van der Waals surface area contributed by atoms with Crippen LogP contribution in [0.3, 0.4) is 0 Å². The van der Waals surface area contributed by atoms with Crippen molar-refractivity contribution >= 4 is 10.8 Å². The summed E-state index contributed by atoms with van der Waals surface area (Å²) >= 11 is 0. The zero-order valence-corrected chi connectivity index (χ0v) is 20.9. The Morgan fingerprint density at radius 1 is 0.459 bits per heavy atom. The van der Waals surface area contributed by atoms with Crippen molar-refractivity contribution in [1.29, 1.82) is 0 Å². The van der Waals surface area contributed by atoms with Crippen LogP contribution < -0.4 is 0 Å². The SMILES string of the molecule is CC1(C)c2c(-c3ccc(-c4ccccc4)cc3)nc(-c3ccccc3)nc2-c2ccc3ccccc3c21. The molecular weight excluding hydrogens is 448 g/mol. The van der Waals surface area contributed by atoms with E-state index in [4.69, 9.17) is 9.97 Å². The molecule has 1 aromatic heterocycles. The van der Waals surface area contributed by atoms with Gasteiger partial charge in [-0.25, -0.2) is 9.97 Å². The van der Waals surface area contributed by atoms with Crippen LogP contribution in [0.2, 0.25) is 0 Å². The molecule has 2 nitrogen and oxygen atoms in total. The van der Waals surface area contributed by atoms with Crippen LogP contribution in [0.5, 0.6) is 0 Å². The first-order valence-corrected chi connectivity index (χ1v) is 12.8. The molecule has 7 rings (SSSR count). The van der Waals surface area contributed by atoms with Gasteiger partial charge in [-0.2, -0.15) is 0 Å². The number of fused-ring (bicyclic) bond motifs is 5. The van der Waals surface area contributed by atoms with Gasteiger partial charge >= 0.3 is 0 Å². The predicted octanol–water partition coefficient (Wildman–Crippen LogP) is 8.94. The Hall–Kier alpha value is -4.56. The first-order chi connectivity index (χ1) is 18.1. The molecule has 0 aliphatic heterocycles. The Bertz CT molecular complexity index is 1770. The molecule has 0 N–H and O–H groups in total. The molecule has 0 spiro atoms. The van der Waals surface area contributed by atoms with Crippen LogP contribution in [-0.4, -0.2) is 9.97 Å². The molecule has 0 unspecified atom stereocenters. The molecule has 6 aromatic rings. The average Bonchev–Trinajstić information content (AvgIpc) is 3.20. The molecule has 176 valence electrons. The fourth-order valence-electron chi connectivity index (χ4n) is 5.89. The van der Waals surface area contributed by atoms with E-state index < -0.39 is 0 Å². The maximum absolute atomic E-state index is 5.23. The summed E-state index contributed by atoms with van der Waals surface area (Å²) in [5, 5.41) is 2.54. The number of hydrogen-bond acceptors (Lipinski definition) is 2. The summed E-state index contributed by atoms with van der Waals surface area (Å²) in [6, 6.07) is 42.8. The van der Waals surface area contributed by atoms with Gasteiger partial charge in [-0.3, -0.25) is 0 Å². The third-order valence-corrected chi connectivity index (χ3v) is 7.64. The standard InChI is InChI=1S/C35H26N2/c1-35(2)30-28-16-10-9-13-25(28)21-22-29(30)33-31(35)32(36-34(37-33)27-14-7-4-8-15-27)26-19-17-24(18-20-26)23-11-5-3-6-12-23/h3-22H,1-2H3. The van der Waals surface area contributed by atoms with E-state index in [1.165, 1.54) is 38.6 Å². The van der Waals surface area contributed by atoms with Gasteiger partial charge in [0.05, 0.1) is 11.4 Å².